The Kier molecular flexibility index (Phi) is 4.11. The SMILES string of the molecule is CCCC[NH+]1CNc2c(c(=O)[nH]c(=O)n2-c2ccccc2)C1. The van der Waals surface area contributed by atoms with E-state index in [1.54, 1.807) is 4.57 Å². The number of para-hydroxylation sites is 1. The van der Waals surface area contributed by atoms with E-state index in [0.717, 1.165) is 31.7 Å². The number of nitrogens with zero attached hydrogens (tertiary/aromatic N) is 1. The summed E-state index contributed by atoms with van der Waals surface area (Å²) in [6.07, 6.45) is 2.26. The maximum Gasteiger partial charge on any atom is 0.334 e. The third-order valence-corrected chi connectivity index (χ3v) is 4.04. The van der Waals surface area contributed by atoms with Crippen LogP contribution < -0.4 is 21.5 Å². The summed E-state index contributed by atoms with van der Waals surface area (Å²) in [5.74, 6) is 0.625. The van der Waals surface area contributed by atoms with Gasteiger partial charge in [0.2, 0.25) is 0 Å². The molecule has 1 aromatic heterocycles. The van der Waals surface area contributed by atoms with Crippen LogP contribution in [0.5, 0.6) is 0 Å². The van der Waals surface area contributed by atoms with Crippen LogP contribution in [0.1, 0.15) is 25.3 Å². The molecule has 1 atom stereocenters. The second kappa shape index (κ2) is 6.19. The Morgan fingerprint density at radius 3 is 2.73 bits per heavy atom. The molecule has 0 bridgehead atoms. The fourth-order valence-electron chi connectivity index (χ4n) is 2.87. The van der Waals surface area contributed by atoms with Gasteiger partial charge in [0.15, 0.2) is 6.67 Å². The fraction of sp³-hybridized carbons (Fsp3) is 0.375. The number of fused-ring (bicyclic) bond motifs is 1. The number of aromatic amines is 1. The normalized spacial score (nSPS) is 16.9. The maximum absolute atomic E-state index is 12.2. The smallest absolute Gasteiger partial charge is 0.324 e. The van der Waals surface area contributed by atoms with Gasteiger partial charge in [-0.2, -0.15) is 0 Å². The van der Waals surface area contributed by atoms with Gasteiger partial charge in [0.05, 0.1) is 12.2 Å². The standard InChI is InChI=1S/C16H20N4O2/c1-2-3-9-19-10-13-14(17-11-19)20(16(22)18-15(13)21)12-7-5-4-6-8-12/h4-8,17H,2-3,9-11H2,1H3,(H,18,21,22)/p+1. The van der Waals surface area contributed by atoms with Crippen LogP contribution in [-0.4, -0.2) is 22.8 Å². The van der Waals surface area contributed by atoms with Gasteiger partial charge < -0.3 is 10.2 Å². The van der Waals surface area contributed by atoms with Gasteiger partial charge in [0.1, 0.15) is 17.9 Å². The van der Waals surface area contributed by atoms with Crippen LogP contribution in [0.4, 0.5) is 5.82 Å². The van der Waals surface area contributed by atoms with E-state index in [-0.39, 0.29) is 5.56 Å². The molecule has 0 amide bonds. The van der Waals surface area contributed by atoms with Crippen LogP contribution in [0.3, 0.4) is 0 Å². The Bertz CT molecular complexity index is 764. The summed E-state index contributed by atoms with van der Waals surface area (Å²) in [6.45, 7) is 4.55. The minimum absolute atomic E-state index is 0.284. The second-order valence-electron chi connectivity index (χ2n) is 5.64. The number of hydrogen-bond donors (Lipinski definition) is 3. The Hall–Kier alpha value is -2.34. The van der Waals surface area contributed by atoms with Crippen molar-refractivity contribution in [2.45, 2.75) is 26.3 Å². The third-order valence-electron chi connectivity index (χ3n) is 4.04. The number of anilines is 1. The van der Waals surface area contributed by atoms with Crippen molar-refractivity contribution in [3.05, 3.63) is 56.7 Å². The molecule has 2 aromatic rings. The second-order valence-corrected chi connectivity index (χ2v) is 5.64. The summed E-state index contributed by atoms with van der Waals surface area (Å²) < 4.78 is 1.55. The van der Waals surface area contributed by atoms with Gasteiger partial charge in [-0.1, -0.05) is 31.5 Å². The predicted molar refractivity (Wildman–Crippen MR) is 85.6 cm³/mol. The molecule has 116 valence electrons. The average Bonchev–Trinajstić information content (AvgIpc) is 2.54. The van der Waals surface area contributed by atoms with Crippen LogP contribution in [0.25, 0.3) is 5.69 Å². The van der Waals surface area contributed by atoms with Crippen molar-refractivity contribution in [1.82, 2.24) is 9.55 Å². The number of H-pyrrole nitrogens is 1. The predicted octanol–water partition coefficient (Wildman–Crippen LogP) is 0.0938. The highest BCUT2D eigenvalue weighted by molar-refractivity contribution is 5.50. The van der Waals surface area contributed by atoms with E-state index < -0.39 is 5.69 Å². The summed E-state index contributed by atoms with van der Waals surface area (Å²) in [6, 6.07) is 9.37. The van der Waals surface area contributed by atoms with E-state index in [1.807, 2.05) is 30.3 Å². The number of hydrogen-bond acceptors (Lipinski definition) is 3. The first-order valence-corrected chi connectivity index (χ1v) is 7.71. The van der Waals surface area contributed by atoms with Gasteiger partial charge in [0, 0.05) is 0 Å². The quantitative estimate of drug-likeness (QED) is 0.750. The fourth-order valence-corrected chi connectivity index (χ4v) is 2.87. The third kappa shape index (κ3) is 2.69. The number of benzene rings is 1. The van der Waals surface area contributed by atoms with Crippen LogP contribution in [-0.2, 0) is 6.54 Å². The largest absolute Gasteiger partial charge is 0.334 e. The molecule has 1 unspecified atom stereocenters. The zero-order valence-electron chi connectivity index (χ0n) is 12.7. The molecule has 3 rings (SSSR count). The highest BCUT2D eigenvalue weighted by Gasteiger charge is 2.25. The molecular weight excluding hydrogens is 280 g/mol. The Morgan fingerprint density at radius 2 is 2.00 bits per heavy atom. The zero-order valence-corrected chi connectivity index (χ0v) is 12.7. The molecule has 0 spiro atoms. The Balaban J connectivity index is 2.05. The molecule has 6 nitrogen and oxygen atoms in total. The van der Waals surface area contributed by atoms with E-state index >= 15 is 0 Å². The van der Waals surface area contributed by atoms with Crippen molar-refractivity contribution in [2.24, 2.45) is 0 Å². The minimum Gasteiger partial charge on any atom is -0.324 e. The van der Waals surface area contributed by atoms with Crippen LogP contribution >= 0.6 is 0 Å². The molecular formula is C16H21N4O2+. The molecule has 3 N–H and O–H groups in total. The van der Waals surface area contributed by atoms with Crippen LogP contribution in [0.15, 0.2) is 39.9 Å². The average molecular weight is 301 g/mol. The van der Waals surface area contributed by atoms with Crippen molar-refractivity contribution in [3.8, 4) is 5.69 Å². The van der Waals surface area contributed by atoms with Gasteiger partial charge in [-0.3, -0.25) is 9.78 Å². The van der Waals surface area contributed by atoms with E-state index in [4.69, 9.17) is 0 Å². The molecule has 1 aromatic carbocycles. The lowest BCUT2D eigenvalue weighted by molar-refractivity contribution is -0.912. The lowest BCUT2D eigenvalue weighted by atomic mass is 10.2. The molecule has 2 heterocycles. The maximum atomic E-state index is 12.2. The van der Waals surface area contributed by atoms with Gasteiger partial charge in [-0.25, -0.2) is 9.36 Å². The summed E-state index contributed by atoms with van der Waals surface area (Å²) in [5.41, 5.74) is 0.721. The molecule has 6 heteroatoms. The van der Waals surface area contributed by atoms with Crippen molar-refractivity contribution >= 4 is 5.82 Å². The van der Waals surface area contributed by atoms with Gasteiger partial charge in [0.25, 0.3) is 5.56 Å². The molecule has 0 aliphatic carbocycles. The minimum atomic E-state index is -0.403. The number of nitrogens with one attached hydrogen (secondary N) is 3. The lowest BCUT2D eigenvalue weighted by Crippen LogP contribution is -3.12. The van der Waals surface area contributed by atoms with E-state index in [9.17, 15) is 9.59 Å². The van der Waals surface area contributed by atoms with Crippen molar-refractivity contribution < 1.29 is 4.90 Å². The molecule has 0 saturated heterocycles. The number of unbranched alkanes of at least 4 members (excludes halogenated alkanes) is 1. The first kappa shape index (κ1) is 14.6. The Morgan fingerprint density at radius 1 is 1.23 bits per heavy atom. The van der Waals surface area contributed by atoms with Gasteiger partial charge in [-0.15, -0.1) is 0 Å². The summed E-state index contributed by atoms with van der Waals surface area (Å²) >= 11 is 0. The summed E-state index contributed by atoms with van der Waals surface area (Å²) in [7, 11) is 0. The zero-order chi connectivity index (χ0) is 15.5. The number of aromatic nitrogens is 2. The van der Waals surface area contributed by atoms with E-state index in [2.05, 4.69) is 17.2 Å². The lowest BCUT2D eigenvalue weighted by Gasteiger charge is -2.28. The summed E-state index contributed by atoms with van der Waals surface area (Å²) in [5, 5.41) is 3.28. The van der Waals surface area contributed by atoms with Gasteiger partial charge in [-0.05, 0) is 18.6 Å². The molecule has 1 aliphatic heterocycles. The van der Waals surface area contributed by atoms with Crippen molar-refractivity contribution in [2.75, 3.05) is 18.5 Å². The first-order chi connectivity index (χ1) is 10.7. The highest BCUT2D eigenvalue weighted by atomic mass is 16.2. The monoisotopic (exact) mass is 301 g/mol. The van der Waals surface area contributed by atoms with E-state index in [1.165, 1.54) is 4.90 Å². The number of rotatable bonds is 4. The Labute approximate surface area is 128 Å². The van der Waals surface area contributed by atoms with Crippen molar-refractivity contribution in [3.63, 3.8) is 0 Å². The molecule has 22 heavy (non-hydrogen) atoms. The van der Waals surface area contributed by atoms with E-state index in [0.29, 0.717) is 17.9 Å². The molecule has 0 saturated carbocycles. The highest BCUT2D eigenvalue weighted by Crippen LogP contribution is 2.15. The summed E-state index contributed by atoms with van der Waals surface area (Å²) in [4.78, 5) is 28.2. The van der Waals surface area contributed by atoms with Gasteiger partial charge >= 0.3 is 5.69 Å². The van der Waals surface area contributed by atoms with Crippen LogP contribution in [0.2, 0.25) is 0 Å². The van der Waals surface area contributed by atoms with Crippen LogP contribution in [0, 0.1) is 0 Å². The molecule has 0 fully saturated rings. The topological polar surface area (TPSA) is 71.3 Å². The number of quaternary nitrogens is 1. The molecule has 1 aliphatic rings. The first-order valence-electron chi connectivity index (χ1n) is 7.71. The van der Waals surface area contributed by atoms with Crippen molar-refractivity contribution in [1.29, 1.82) is 0 Å². The molecule has 0 radical (unpaired) electrons.